The Kier molecular flexibility index (Phi) is 16.6. The van der Waals surface area contributed by atoms with Crippen molar-refractivity contribution in [2.75, 3.05) is 73.6 Å². The minimum absolute atomic E-state index is 0. The van der Waals surface area contributed by atoms with Gasteiger partial charge in [-0.2, -0.15) is 54.8 Å². The highest BCUT2D eigenvalue weighted by atomic mass is 19.4. The Balaban J connectivity index is 0.000000151. The van der Waals surface area contributed by atoms with E-state index in [2.05, 4.69) is 79.2 Å². The molecule has 1 unspecified atom stereocenters. The quantitative estimate of drug-likeness (QED) is 0.0659. The first-order valence-corrected chi connectivity index (χ1v) is 27.1. The molecule has 440 valence electrons. The first-order valence-electron chi connectivity index (χ1n) is 27.1. The van der Waals surface area contributed by atoms with Gasteiger partial charge in [-0.05, 0) is 142 Å². The van der Waals surface area contributed by atoms with E-state index < -0.39 is 35.2 Å². The number of alkyl halides is 9. The summed E-state index contributed by atoms with van der Waals surface area (Å²) in [4.78, 5) is 31.4. The van der Waals surface area contributed by atoms with E-state index in [1.165, 1.54) is 18.2 Å². The SMILES string of the molecule is CC(C)CC1(CN)CCCN(c2ccc(C(F)(F)F)c(-c3[nH]nc4ncccc34)n2)C1.NC[C@@H]1CCN(c2ccc(C(F)(F)F)c(-c3[nH]nc4ncccc34)n2)C1.NC[C@H]1CCN(c2ccc(C(F)(F)F)c(-c3[nH]nc4ncccc34)n2)C1.[HH]. The van der Waals surface area contributed by atoms with Gasteiger partial charge in [0, 0.05) is 80.9 Å². The Bertz CT molecular complexity index is 3540. The second kappa shape index (κ2) is 23.7. The molecule has 0 aromatic carbocycles. The van der Waals surface area contributed by atoms with Gasteiger partial charge in [0.15, 0.2) is 16.9 Å². The van der Waals surface area contributed by atoms with E-state index in [0.29, 0.717) is 108 Å². The molecule has 0 bridgehead atoms. The number of H-pyrrole nitrogens is 3. The molecule has 9 aromatic rings. The summed E-state index contributed by atoms with van der Waals surface area (Å²) in [6, 6.07) is 17.6. The van der Waals surface area contributed by atoms with Crippen molar-refractivity contribution in [3.05, 3.63) is 108 Å². The molecule has 3 aliphatic rings. The van der Waals surface area contributed by atoms with Crippen molar-refractivity contribution < 1.29 is 40.9 Å². The lowest BCUT2D eigenvalue weighted by Crippen LogP contribution is -2.48. The minimum atomic E-state index is -4.54. The van der Waals surface area contributed by atoms with Gasteiger partial charge in [0.1, 0.15) is 34.5 Å². The zero-order chi connectivity index (χ0) is 58.8. The summed E-state index contributed by atoms with van der Waals surface area (Å²) in [5, 5.41) is 21.6. The Morgan fingerprint density at radius 1 is 0.542 bits per heavy atom. The molecule has 83 heavy (non-hydrogen) atoms. The Morgan fingerprint density at radius 2 is 0.916 bits per heavy atom. The lowest BCUT2D eigenvalue weighted by molar-refractivity contribution is -0.138. The molecule has 0 aliphatic carbocycles. The van der Waals surface area contributed by atoms with Crippen molar-refractivity contribution in [2.45, 2.75) is 64.5 Å². The van der Waals surface area contributed by atoms with Gasteiger partial charge < -0.3 is 31.9 Å². The lowest BCUT2D eigenvalue weighted by atomic mass is 9.74. The maximum Gasteiger partial charge on any atom is 0.418 e. The summed E-state index contributed by atoms with van der Waals surface area (Å²) < 4.78 is 123. The molecule has 12 heterocycles. The van der Waals surface area contributed by atoms with Gasteiger partial charge in [-0.15, -0.1) is 0 Å². The molecular formula is C56H63F9N18. The number of nitrogens with one attached hydrogen (secondary N) is 3. The van der Waals surface area contributed by atoms with E-state index in [-0.39, 0.29) is 41.0 Å². The third kappa shape index (κ3) is 12.5. The van der Waals surface area contributed by atoms with Crippen LogP contribution in [0.5, 0.6) is 0 Å². The van der Waals surface area contributed by atoms with Crippen LogP contribution in [-0.4, -0.2) is 119 Å². The molecule has 0 spiro atoms. The van der Waals surface area contributed by atoms with Crippen LogP contribution in [0, 0.1) is 23.2 Å². The number of pyridine rings is 6. The van der Waals surface area contributed by atoms with Gasteiger partial charge in [-0.25, -0.2) is 29.9 Å². The summed E-state index contributed by atoms with van der Waals surface area (Å²) >= 11 is 0. The second-order valence-electron chi connectivity index (χ2n) is 21.6. The predicted octanol–water partition coefficient (Wildman–Crippen LogP) is 10.5. The fourth-order valence-electron chi connectivity index (χ4n) is 11.4. The van der Waals surface area contributed by atoms with Gasteiger partial charge in [0.25, 0.3) is 0 Å². The smallest absolute Gasteiger partial charge is 0.356 e. The molecule has 12 rings (SSSR count). The van der Waals surface area contributed by atoms with Crippen molar-refractivity contribution in [3.8, 4) is 34.2 Å². The van der Waals surface area contributed by atoms with E-state index in [9.17, 15) is 39.5 Å². The third-order valence-corrected chi connectivity index (χ3v) is 15.4. The molecule has 27 heteroatoms. The lowest BCUT2D eigenvalue weighted by Gasteiger charge is -2.44. The molecule has 3 aliphatic heterocycles. The number of nitrogens with two attached hydrogens (primary N) is 3. The van der Waals surface area contributed by atoms with Crippen molar-refractivity contribution in [1.29, 1.82) is 0 Å². The molecule has 3 saturated heterocycles. The van der Waals surface area contributed by atoms with Crippen LogP contribution in [-0.2, 0) is 18.5 Å². The van der Waals surface area contributed by atoms with Crippen LogP contribution in [0.15, 0.2) is 91.4 Å². The van der Waals surface area contributed by atoms with Crippen molar-refractivity contribution in [2.24, 2.45) is 40.4 Å². The van der Waals surface area contributed by atoms with E-state index in [0.717, 1.165) is 69.9 Å². The average molecular weight is 1160 g/mol. The highest BCUT2D eigenvalue weighted by molar-refractivity contribution is 5.92. The van der Waals surface area contributed by atoms with Crippen LogP contribution in [0.4, 0.5) is 57.0 Å². The van der Waals surface area contributed by atoms with Crippen LogP contribution in [0.1, 0.15) is 64.1 Å². The van der Waals surface area contributed by atoms with Crippen LogP contribution in [0.2, 0.25) is 0 Å². The van der Waals surface area contributed by atoms with Crippen molar-refractivity contribution in [3.63, 3.8) is 0 Å². The van der Waals surface area contributed by atoms with E-state index in [1.807, 2.05) is 9.80 Å². The number of nitrogens with zero attached hydrogens (tertiary/aromatic N) is 12. The number of aromatic amines is 3. The number of anilines is 3. The van der Waals surface area contributed by atoms with Gasteiger partial charge in [0.2, 0.25) is 0 Å². The summed E-state index contributed by atoms with van der Waals surface area (Å²) in [6.07, 6.45) is -4.21. The number of hydrogen-bond donors (Lipinski definition) is 6. The molecule has 18 nitrogen and oxygen atoms in total. The van der Waals surface area contributed by atoms with Crippen LogP contribution < -0.4 is 31.9 Å². The largest absolute Gasteiger partial charge is 0.418 e. The van der Waals surface area contributed by atoms with Crippen LogP contribution >= 0.6 is 0 Å². The third-order valence-electron chi connectivity index (χ3n) is 15.4. The molecule has 0 amide bonds. The monoisotopic (exact) mass is 1160 g/mol. The maximum atomic E-state index is 13.8. The molecule has 0 saturated carbocycles. The van der Waals surface area contributed by atoms with E-state index in [1.54, 1.807) is 55.0 Å². The summed E-state index contributed by atoms with van der Waals surface area (Å²) in [5.41, 5.74) is 16.4. The van der Waals surface area contributed by atoms with Gasteiger partial charge in [-0.3, -0.25) is 15.3 Å². The fourth-order valence-corrected chi connectivity index (χ4v) is 11.4. The first kappa shape index (κ1) is 58.2. The van der Waals surface area contributed by atoms with Gasteiger partial charge in [0.05, 0.1) is 33.8 Å². The summed E-state index contributed by atoms with van der Waals surface area (Å²) in [6.45, 7) is 10.3. The van der Waals surface area contributed by atoms with Crippen LogP contribution in [0.3, 0.4) is 0 Å². The minimum Gasteiger partial charge on any atom is -0.356 e. The average Bonchev–Trinajstić information content (AvgIpc) is 3.30. The number of hydrogen-bond acceptors (Lipinski definition) is 15. The van der Waals surface area contributed by atoms with E-state index >= 15 is 0 Å². The Hall–Kier alpha value is -8.04. The molecule has 9 N–H and O–H groups in total. The van der Waals surface area contributed by atoms with Gasteiger partial charge in [-0.1, -0.05) is 13.8 Å². The Labute approximate surface area is 471 Å². The number of rotatable bonds is 11. The van der Waals surface area contributed by atoms with Crippen LogP contribution in [0.25, 0.3) is 67.3 Å². The highest BCUT2D eigenvalue weighted by Gasteiger charge is 2.41. The summed E-state index contributed by atoms with van der Waals surface area (Å²) in [7, 11) is 0. The second-order valence-corrected chi connectivity index (χ2v) is 21.6. The number of piperidine rings is 1. The zero-order valence-corrected chi connectivity index (χ0v) is 45.3. The topological polar surface area (TPSA) is 251 Å². The number of aromatic nitrogens is 12. The molecule has 3 atom stereocenters. The standard InChI is InChI=1S/C22H27F3N6.2C17H17F3N6.H2/c1-14(2)11-21(12-26)8-4-10-31(13-21)17-7-6-16(22(23,24)25)19(28-17)18-15-5-3-9-27-20(15)30-29-18;2*18-17(19,20)12-3-4-13(26-7-5-10(8-21)9-26)23-15(12)14-11-2-1-6-22-16(11)25-24-14;/h3,5-7,9,14H,4,8,10-13,26H2,1-2H3,(H,27,29,30);2*1-4,6,10H,5,7-9,21H2,(H,22,24,25);1H/t;2*10-;/m.10./s1. The van der Waals surface area contributed by atoms with Crippen molar-refractivity contribution >= 4 is 50.6 Å². The van der Waals surface area contributed by atoms with Gasteiger partial charge >= 0.3 is 18.5 Å². The molecule has 3 fully saturated rings. The summed E-state index contributed by atoms with van der Waals surface area (Å²) in [5.74, 6) is 2.70. The fraction of sp³-hybridized carbons (Fsp3) is 0.411. The van der Waals surface area contributed by atoms with Crippen molar-refractivity contribution in [1.82, 2.24) is 60.5 Å². The zero-order valence-electron chi connectivity index (χ0n) is 45.3. The normalized spacial score (nSPS) is 18.8. The predicted molar refractivity (Wildman–Crippen MR) is 300 cm³/mol. The molecule has 9 aromatic heterocycles. The molecular weight excluding hydrogens is 1100 g/mol. The maximum absolute atomic E-state index is 13.8. The molecule has 0 radical (unpaired) electrons. The Morgan fingerprint density at radius 3 is 1.24 bits per heavy atom. The number of halogens is 9. The highest BCUT2D eigenvalue weighted by Crippen LogP contribution is 2.43. The number of fused-ring (bicyclic) bond motifs is 3. The first-order chi connectivity index (χ1) is 39.7. The van der Waals surface area contributed by atoms with E-state index in [4.69, 9.17) is 17.2 Å².